The van der Waals surface area contributed by atoms with E-state index in [9.17, 15) is 0 Å². The molecule has 0 bridgehead atoms. The highest BCUT2D eigenvalue weighted by Gasteiger charge is 2.34. The molecule has 0 aromatic heterocycles. The summed E-state index contributed by atoms with van der Waals surface area (Å²) in [5, 5.41) is 3.47. The highest BCUT2D eigenvalue weighted by atomic mass is 15.2. The number of nitrogens with one attached hydrogen (secondary N) is 1. The molecule has 2 aliphatic rings. The number of nitrogens with zero attached hydrogens (tertiary/aromatic N) is 1. The molecule has 1 aliphatic carbocycles. The summed E-state index contributed by atoms with van der Waals surface area (Å²) >= 11 is 0. The molecule has 0 aromatic carbocycles. The zero-order valence-corrected chi connectivity index (χ0v) is 9.63. The lowest BCUT2D eigenvalue weighted by molar-refractivity contribution is 0.0602. The molecule has 2 fully saturated rings. The minimum atomic E-state index is 0.899. The van der Waals surface area contributed by atoms with E-state index in [-0.39, 0.29) is 0 Å². The fourth-order valence-electron chi connectivity index (χ4n) is 2.70. The summed E-state index contributed by atoms with van der Waals surface area (Å²) in [6.45, 7) is 9.74. The van der Waals surface area contributed by atoms with Gasteiger partial charge in [-0.25, -0.2) is 0 Å². The van der Waals surface area contributed by atoms with E-state index in [1.807, 2.05) is 0 Å². The summed E-state index contributed by atoms with van der Waals surface area (Å²) in [6, 6.07) is 0.919. The van der Waals surface area contributed by atoms with Crippen molar-refractivity contribution >= 4 is 0 Å². The van der Waals surface area contributed by atoms with Crippen molar-refractivity contribution in [3.8, 4) is 0 Å². The first kappa shape index (κ1) is 10.4. The van der Waals surface area contributed by atoms with Crippen molar-refractivity contribution in [2.24, 2.45) is 11.8 Å². The molecule has 1 N–H and O–H groups in total. The molecule has 2 heteroatoms. The molecule has 1 saturated carbocycles. The lowest BCUT2D eigenvalue weighted by Crippen LogP contribution is -2.47. The molecule has 1 heterocycles. The Hall–Kier alpha value is -0.0800. The zero-order valence-electron chi connectivity index (χ0n) is 9.63. The van der Waals surface area contributed by atoms with Gasteiger partial charge in [0.2, 0.25) is 0 Å². The van der Waals surface area contributed by atoms with Gasteiger partial charge in [-0.2, -0.15) is 0 Å². The van der Waals surface area contributed by atoms with Crippen LogP contribution in [0.3, 0.4) is 0 Å². The van der Waals surface area contributed by atoms with Crippen LogP contribution in [-0.4, -0.2) is 37.1 Å². The van der Waals surface area contributed by atoms with Gasteiger partial charge in [-0.15, -0.1) is 0 Å². The van der Waals surface area contributed by atoms with Crippen LogP contribution in [0.5, 0.6) is 0 Å². The topological polar surface area (TPSA) is 15.3 Å². The molecule has 1 saturated heterocycles. The smallest absolute Gasteiger partial charge is 0.0110 e. The van der Waals surface area contributed by atoms with Gasteiger partial charge in [0.15, 0.2) is 0 Å². The molecular formula is C12H24N2. The van der Waals surface area contributed by atoms with Crippen molar-refractivity contribution in [3.05, 3.63) is 0 Å². The van der Waals surface area contributed by atoms with Crippen LogP contribution in [0.4, 0.5) is 0 Å². The predicted octanol–water partition coefficient (Wildman–Crippen LogP) is 1.72. The standard InChI is InChI=1S/C12H24N2/c1-10(2)11-8-12(9-11)14-6-3-4-13-5-7-14/h10-13H,3-9H2,1-2H3. The number of rotatable bonds is 2. The lowest BCUT2D eigenvalue weighted by Gasteiger charge is -2.44. The Morgan fingerprint density at radius 2 is 1.93 bits per heavy atom. The monoisotopic (exact) mass is 196 g/mol. The fourth-order valence-corrected chi connectivity index (χ4v) is 2.70. The molecule has 0 radical (unpaired) electrons. The minimum Gasteiger partial charge on any atom is -0.315 e. The number of hydrogen-bond donors (Lipinski definition) is 1. The Morgan fingerprint density at radius 1 is 1.14 bits per heavy atom. The first-order valence-electron chi connectivity index (χ1n) is 6.22. The second kappa shape index (κ2) is 4.63. The van der Waals surface area contributed by atoms with Crippen LogP contribution in [0.2, 0.25) is 0 Å². The summed E-state index contributed by atoms with van der Waals surface area (Å²) in [5.41, 5.74) is 0. The number of hydrogen-bond acceptors (Lipinski definition) is 2. The van der Waals surface area contributed by atoms with Gasteiger partial charge >= 0.3 is 0 Å². The average molecular weight is 196 g/mol. The van der Waals surface area contributed by atoms with E-state index in [0.717, 1.165) is 17.9 Å². The van der Waals surface area contributed by atoms with Crippen molar-refractivity contribution in [1.29, 1.82) is 0 Å². The molecule has 0 unspecified atom stereocenters. The molecule has 1 aliphatic heterocycles. The van der Waals surface area contributed by atoms with Gasteiger partial charge in [0.05, 0.1) is 0 Å². The molecule has 0 atom stereocenters. The van der Waals surface area contributed by atoms with E-state index in [1.165, 1.54) is 45.4 Å². The Morgan fingerprint density at radius 3 is 2.64 bits per heavy atom. The predicted molar refractivity (Wildman–Crippen MR) is 60.4 cm³/mol. The van der Waals surface area contributed by atoms with E-state index in [1.54, 1.807) is 0 Å². The quantitative estimate of drug-likeness (QED) is 0.723. The van der Waals surface area contributed by atoms with E-state index >= 15 is 0 Å². The van der Waals surface area contributed by atoms with Crippen molar-refractivity contribution in [2.45, 2.75) is 39.2 Å². The maximum atomic E-state index is 3.47. The molecule has 0 amide bonds. The lowest BCUT2D eigenvalue weighted by atomic mass is 9.73. The molecule has 0 spiro atoms. The highest BCUT2D eigenvalue weighted by molar-refractivity contribution is 4.89. The van der Waals surface area contributed by atoms with E-state index < -0.39 is 0 Å². The summed E-state index contributed by atoms with van der Waals surface area (Å²) in [6.07, 6.45) is 4.25. The summed E-state index contributed by atoms with van der Waals surface area (Å²) < 4.78 is 0. The van der Waals surface area contributed by atoms with Crippen molar-refractivity contribution < 1.29 is 0 Å². The normalized spacial score (nSPS) is 35.4. The second-order valence-corrected chi connectivity index (χ2v) is 5.27. The Labute approximate surface area is 88.1 Å². The minimum absolute atomic E-state index is 0.899. The Bertz CT molecular complexity index is 165. The van der Waals surface area contributed by atoms with Crippen LogP contribution in [0.15, 0.2) is 0 Å². The van der Waals surface area contributed by atoms with E-state index in [2.05, 4.69) is 24.1 Å². The van der Waals surface area contributed by atoms with Gasteiger partial charge in [0.25, 0.3) is 0 Å². The molecular weight excluding hydrogens is 172 g/mol. The molecule has 14 heavy (non-hydrogen) atoms. The third-order valence-corrected chi connectivity index (χ3v) is 3.98. The van der Waals surface area contributed by atoms with Gasteiger partial charge in [0.1, 0.15) is 0 Å². The summed E-state index contributed by atoms with van der Waals surface area (Å²) in [4.78, 5) is 2.71. The first-order chi connectivity index (χ1) is 6.77. The largest absolute Gasteiger partial charge is 0.315 e. The van der Waals surface area contributed by atoms with Gasteiger partial charge in [-0.3, -0.25) is 4.90 Å². The van der Waals surface area contributed by atoms with Crippen LogP contribution in [0.1, 0.15) is 33.1 Å². The van der Waals surface area contributed by atoms with Crippen LogP contribution >= 0.6 is 0 Å². The van der Waals surface area contributed by atoms with Gasteiger partial charge in [0, 0.05) is 19.1 Å². The fraction of sp³-hybridized carbons (Fsp3) is 1.00. The van der Waals surface area contributed by atoms with Crippen molar-refractivity contribution in [3.63, 3.8) is 0 Å². The average Bonchev–Trinajstić information content (AvgIpc) is 2.29. The van der Waals surface area contributed by atoms with Gasteiger partial charge < -0.3 is 5.32 Å². The second-order valence-electron chi connectivity index (χ2n) is 5.27. The molecule has 2 nitrogen and oxygen atoms in total. The van der Waals surface area contributed by atoms with Gasteiger partial charge in [-0.1, -0.05) is 13.8 Å². The first-order valence-corrected chi connectivity index (χ1v) is 6.22. The third kappa shape index (κ3) is 2.29. The molecule has 82 valence electrons. The zero-order chi connectivity index (χ0) is 9.97. The SMILES string of the molecule is CC(C)C1CC(N2CCCNCC2)C1. The van der Waals surface area contributed by atoms with Crippen molar-refractivity contribution in [1.82, 2.24) is 10.2 Å². The molecule has 2 rings (SSSR count). The summed E-state index contributed by atoms with van der Waals surface area (Å²) in [5.74, 6) is 1.91. The highest BCUT2D eigenvalue weighted by Crippen LogP contribution is 2.36. The van der Waals surface area contributed by atoms with Crippen molar-refractivity contribution in [2.75, 3.05) is 26.2 Å². The third-order valence-electron chi connectivity index (χ3n) is 3.98. The van der Waals surface area contributed by atoms with Crippen LogP contribution in [-0.2, 0) is 0 Å². The van der Waals surface area contributed by atoms with Gasteiger partial charge in [-0.05, 0) is 44.2 Å². The maximum absolute atomic E-state index is 3.47. The maximum Gasteiger partial charge on any atom is 0.0110 e. The van der Waals surface area contributed by atoms with E-state index in [4.69, 9.17) is 0 Å². The Balaban J connectivity index is 1.74. The summed E-state index contributed by atoms with van der Waals surface area (Å²) in [7, 11) is 0. The Kier molecular flexibility index (Phi) is 3.45. The van der Waals surface area contributed by atoms with Crippen LogP contribution < -0.4 is 5.32 Å². The van der Waals surface area contributed by atoms with Crippen LogP contribution in [0, 0.1) is 11.8 Å². The van der Waals surface area contributed by atoms with E-state index in [0.29, 0.717) is 0 Å². The van der Waals surface area contributed by atoms with Crippen LogP contribution in [0.25, 0.3) is 0 Å². The molecule has 0 aromatic rings.